The minimum Gasteiger partial charge on any atom is -0.243 e. The SMILES string of the molecule is CCCCCc1c(C)nnn1C(=O)n1ccnn1. The summed E-state index contributed by atoms with van der Waals surface area (Å²) in [6, 6.07) is -0.348. The van der Waals surface area contributed by atoms with E-state index in [1.165, 1.54) is 17.1 Å². The van der Waals surface area contributed by atoms with Gasteiger partial charge in [0.05, 0.1) is 23.8 Å². The molecule has 2 aromatic heterocycles. The second kappa shape index (κ2) is 5.52. The van der Waals surface area contributed by atoms with Gasteiger partial charge in [-0.05, 0) is 19.8 Å². The molecule has 18 heavy (non-hydrogen) atoms. The smallest absolute Gasteiger partial charge is 0.243 e. The first kappa shape index (κ1) is 12.4. The molecule has 2 heterocycles. The zero-order valence-electron chi connectivity index (χ0n) is 10.6. The summed E-state index contributed by atoms with van der Waals surface area (Å²) in [7, 11) is 0. The highest BCUT2D eigenvalue weighted by Gasteiger charge is 2.17. The van der Waals surface area contributed by atoms with Crippen molar-refractivity contribution < 1.29 is 4.79 Å². The minimum atomic E-state index is -0.348. The summed E-state index contributed by atoms with van der Waals surface area (Å²) in [5, 5.41) is 15.1. The van der Waals surface area contributed by atoms with Gasteiger partial charge in [-0.3, -0.25) is 0 Å². The highest BCUT2D eigenvalue weighted by atomic mass is 16.2. The Labute approximate surface area is 105 Å². The molecule has 0 fully saturated rings. The summed E-state index contributed by atoms with van der Waals surface area (Å²) in [6.45, 7) is 4.00. The lowest BCUT2D eigenvalue weighted by molar-refractivity contribution is 0.236. The molecule has 0 aliphatic rings. The third kappa shape index (κ3) is 2.44. The zero-order valence-corrected chi connectivity index (χ0v) is 10.6. The summed E-state index contributed by atoms with van der Waals surface area (Å²) in [5.41, 5.74) is 1.64. The average Bonchev–Trinajstić information content (AvgIpc) is 3.00. The molecular formula is C11H16N6O. The fraction of sp³-hybridized carbons (Fsp3) is 0.545. The van der Waals surface area contributed by atoms with Crippen molar-refractivity contribution in [1.82, 2.24) is 30.0 Å². The van der Waals surface area contributed by atoms with E-state index in [2.05, 4.69) is 27.5 Å². The molecule has 0 saturated carbocycles. The molecule has 2 aromatic rings. The molecule has 96 valence electrons. The zero-order chi connectivity index (χ0) is 13.0. The van der Waals surface area contributed by atoms with E-state index in [9.17, 15) is 4.79 Å². The number of rotatable bonds is 4. The molecule has 0 atom stereocenters. The number of nitrogens with zero attached hydrogens (tertiary/aromatic N) is 6. The lowest BCUT2D eigenvalue weighted by Gasteiger charge is -2.04. The third-order valence-electron chi connectivity index (χ3n) is 2.77. The van der Waals surface area contributed by atoms with Gasteiger partial charge in [-0.15, -0.1) is 10.2 Å². The number of hydrogen-bond acceptors (Lipinski definition) is 5. The maximum Gasteiger partial charge on any atom is 0.372 e. The molecule has 0 saturated heterocycles. The summed E-state index contributed by atoms with van der Waals surface area (Å²) < 4.78 is 2.46. The molecule has 0 aliphatic heterocycles. The van der Waals surface area contributed by atoms with Crippen molar-refractivity contribution in [1.29, 1.82) is 0 Å². The summed E-state index contributed by atoms with van der Waals surface area (Å²) >= 11 is 0. The van der Waals surface area contributed by atoms with E-state index in [1.807, 2.05) is 6.92 Å². The van der Waals surface area contributed by atoms with Crippen LogP contribution in [0.25, 0.3) is 0 Å². The van der Waals surface area contributed by atoms with Crippen molar-refractivity contribution in [3.63, 3.8) is 0 Å². The van der Waals surface area contributed by atoms with Gasteiger partial charge in [0.15, 0.2) is 0 Å². The Hall–Kier alpha value is -2.05. The average molecular weight is 248 g/mol. The van der Waals surface area contributed by atoms with E-state index in [0.29, 0.717) is 0 Å². The number of aryl methyl sites for hydroxylation is 1. The van der Waals surface area contributed by atoms with Crippen LogP contribution in [0.1, 0.15) is 37.6 Å². The molecule has 7 heteroatoms. The van der Waals surface area contributed by atoms with Gasteiger partial charge in [0.1, 0.15) is 0 Å². The van der Waals surface area contributed by atoms with E-state index in [4.69, 9.17) is 0 Å². The number of aromatic nitrogens is 6. The van der Waals surface area contributed by atoms with Crippen LogP contribution in [0.5, 0.6) is 0 Å². The van der Waals surface area contributed by atoms with Crippen molar-refractivity contribution in [2.45, 2.75) is 39.5 Å². The predicted molar refractivity (Wildman–Crippen MR) is 64.2 cm³/mol. The maximum absolute atomic E-state index is 12.1. The third-order valence-corrected chi connectivity index (χ3v) is 2.77. The van der Waals surface area contributed by atoms with Gasteiger partial charge >= 0.3 is 6.03 Å². The molecule has 0 bridgehead atoms. The van der Waals surface area contributed by atoms with Crippen molar-refractivity contribution in [2.24, 2.45) is 0 Å². The molecule has 0 radical (unpaired) electrons. The Morgan fingerprint density at radius 2 is 2.17 bits per heavy atom. The van der Waals surface area contributed by atoms with Crippen molar-refractivity contribution in [3.8, 4) is 0 Å². The maximum atomic E-state index is 12.1. The van der Waals surface area contributed by atoms with Crippen LogP contribution in [-0.4, -0.2) is 36.0 Å². The van der Waals surface area contributed by atoms with Crippen LogP contribution < -0.4 is 0 Å². The predicted octanol–water partition coefficient (Wildman–Crippen LogP) is 1.43. The molecule has 0 unspecified atom stereocenters. The van der Waals surface area contributed by atoms with Crippen LogP contribution in [0.4, 0.5) is 4.79 Å². The molecule has 2 rings (SSSR count). The molecule has 0 N–H and O–H groups in total. The van der Waals surface area contributed by atoms with Gasteiger partial charge in [-0.2, -0.15) is 9.36 Å². The lowest BCUT2D eigenvalue weighted by Crippen LogP contribution is -2.23. The van der Waals surface area contributed by atoms with E-state index in [-0.39, 0.29) is 6.03 Å². The quantitative estimate of drug-likeness (QED) is 0.765. The van der Waals surface area contributed by atoms with Gasteiger partial charge < -0.3 is 0 Å². The van der Waals surface area contributed by atoms with E-state index in [1.54, 1.807) is 0 Å². The standard InChI is InChI=1S/C11H16N6O/c1-3-4-5-6-10-9(2)13-15-17(10)11(18)16-8-7-12-14-16/h7-8H,3-6H2,1-2H3. The minimum absolute atomic E-state index is 0.348. The Kier molecular flexibility index (Phi) is 3.81. The Balaban J connectivity index is 2.20. The van der Waals surface area contributed by atoms with E-state index < -0.39 is 0 Å². The Morgan fingerprint density at radius 1 is 1.33 bits per heavy atom. The Bertz CT molecular complexity index is 516. The summed E-state index contributed by atoms with van der Waals surface area (Å²) in [6.07, 6.45) is 7.04. The van der Waals surface area contributed by atoms with Gasteiger partial charge in [0.2, 0.25) is 0 Å². The highest BCUT2D eigenvalue weighted by Crippen LogP contribution is 2.10. The first-order chi connectivity index (χ1) is 8.74. The molecule has 0 aliphatic carbocycles. The van der Waals surface area contributed by atoms with Crippen molar-refractivity contribution in [3.05, 3.63) is 23.8 Å². The fourth-order valence-corrected chi connectivity index (χ4v) is 1.77. The van der Waals surface area contributed by atoms with E-state index in [0.717, 1.165) is 41.8 Å². The largest absolute Gasteiger partial charge is 0.372 e. The van der Waals surface area contributed by atoms with Gasteiger partial charge in [0.25, 0.3) is 0 Å². The second-order valence-corrected chi connectivity index (χ2v) is 4.12. The number of unbranched alkanes of at least 4 members (excludes halogenated alkanes) is 2. The lowest BCUT2D eigenvalue weighted by atomic mass is 10.1. The molecular weight excluding hydrogens is 232 g/mol. The summed E-state index contributed by atoms with van der Waals surface area (Å²) in [4.78, 5) is 12.1. The Morgan fingerprint density at radius 3 is 2.83 bits per heavy atom. The highest BCUT2D eigenvalue weighted by molar-refractivity contribution is 5.77. The summed E-state index contributed by atoms with van der Waals surface area (Å²) in [5.74, 6) is 0. The topological polar surface area (TPSA) is 78.5 Å². The van der Waals surface area contributed by atoms with Crippen LogP contribution in [0.15, 0.2) is 12.4 Å². The van der Waals surface area contributed by atoms with Crippen LogP contribution >= 0.6 is 0 Å². The first-order valence-corrected chi connectivity index (χ1v) is 6.06. The fourth-order valence-electron chi connectivity index (χ4n) is 1.77. The second-order valence-electron chi connectivity index (χ2n) is 4.12. The molecule has 0 aromatic carbocycles. The molecule has 7 nitrogen and oxygen atoms in total. The van der Waals surface area contributed by atoms with Crippen LogP contribution in [-0.2, 0) is 6.42 Å². The molecule has 0 amide bonds. The van der Waals surface area contributed by atoms with Crippen LogP contribution in [0.3, 0.4) is 0 Å². The van der Waals surface area contributed by atoms with Gasteiger partial charge in [-0.1, -0.05) is 30.2 Å². The number of carbonyl (C=O) groups excluding carboxylic acids is 1. The van der Waals surface area contributed by atoms with Gasteiger partial charge in [0, 0.05) is 0 Å². The normalized spacial score (nSPS) is 10.8. The van der Waals surface area contributed by atoms with Crippen molar-refractivity contribution >= 4 is 6.03 Å². The van der Waals surface area contributed by atoms with Crippen molar-refractivity contribution in [2.75, 3.05) is 0 Å². The van der Waals surface area contributed by atoms with E-state index >= 15 is 0 Å². The molecule has 0 spiro atoms. The number of carbonyl (C=O) groups is 1. The van der Waals surface area contributed by atoms with Crippen LogP contribution in [0.2, 0.25) is 0 Å². The van der Waals surface area contributed by atoms with Crippen LogP contribution in [0, 0.1) is 6.92 Å². The monoisotopic (exact) mass is 248 g/mol. The first-order valence-electron chi connectivity index (χ1n) is 6.06. The number of hydrogen-bond donors (Lipinski definition) is 0. The van der Waals surface area contributed by atoms with Gasteiger partial charge in [-0.25, -0.2) is 4.79 Å².